The standard InChI is InChI=1S/C42H34N4/c43-26-34-10-6-9-30-13-14-33(22-38(30)34)40-44-39(32-7-2-1-3-8-32)45-41(46-40)37-12-5-4-11-36(37)31-15-17-35(18-16-31)42-23-27-19-28(24-42)21-29(20-27)25-42/h1-18,22,27-29H,19-21,23-25H2. The number of benzene rings is 5. The van der Waals surface area contributed by atoms with Crippen molar-refractivity contribution in [1.82, 2.24) is 15.0 Å². The van der Waals surface area contributed by atoms with Gasteiger partial charge in [-0.1, -0.05) is 103 Å². The van der Waals surface area contributed by atoms with Gasteiger partial charge in [-0.25, -0.2) is 15.0 Å². The number of nitriles is 1. The van der Waals surface area contributed by atoms with Crippen LogP contribution in [0.3, 0.4) is 0 Å². The van der Waals surface area contributed by atoms with Gasteiger partial charge in [0, 0.05) is 22.1 Å². The molecule has 0 aliphatic heterocycles. The van der Waals surface area contributed by atoms with Crippen LogP contribution in [-0.4, -0.2) is 15.0 Å². The third-order valence-corrected chi connectivity index (χ3v) is 10.9. The van der Waals surface area contributed by atoms with Gasteiger partial charge in [-0.3, -0.25) is 0 Å². The van der Waals surface area contributed by atoms with Crippen LogP contribution in [0.1, 0.15) is 49.7 Å². The second-order valence-corrected chi connectivity index (χ2v) is 13.8. The smallest absolute Gasteiger partial charge is 0.164 e. The van der Waals surface area contributed by atoms with Crippen molar-refractivity contribution in [1.29, 1.82) is 5.26 Å². The van der Waals surface area contributed by atoms with E-state index in [9.17, 15) is 5.26 Å². The van der Waals surface area contributed by atoms with Crippen molar-refractivity contribution in [3.8, 4) is 51.4 Å². The maximum atomic E-state index is 9.78. The molecule has 0 saturated heterocycles. The fraction of sp³-hybridized carbons (Fsp3) is 0.238. The van der Waals surface area contributed by atoms with Crippen molar-refractivity contribution in [3.63, 3.8) is 0 Å². The molecule has 4 saturated carbocycles. The number of fused-ring (bicyclic) bond motifs is 1. The predicted molar refractivity (Wildman–Crippen MR) is 184 cm³/mol. The molecule has 4 bridgehead atoms. The first-order valence-electron chi connectivity index (χ1n) is 16.6. The highest BCUT2D eigenvalue weighted by molar-refractivity contribution is 5.91. The summed E-state index contributed by atoms with van der Waals surface area (Å²) in [6.07, 6.45) is 8.49. The van der Waals surface area contributed by atoms with Crippen LogP contribution >= 0.6 is 0 Å². The van der Waals surface area contributed by atoms with E-state index in [0.717, 1.165) is 50.8 Å². The van der Waals surface area contributed by atoms with Crippen LogP contribution in [0.2, 0.25) is 0 Å². The van der Waals surface area contributed by atoms with Gasteiger partial charge >= 0.3 is 0 Å². The maximum absolute atomic E-state index is 9.78. The zero-order chi connectivity index (χ0) is 30.7. The molecule has 0 amide bonds. The summed E-state index contributed by atoms with van der Waals surface area (Å²) in [4.78, 5) is 15.1. The highest BCUT2D eigenvalue weighted by Gasteiger charge is 2.51. The summed E-state index contributed by atoms with van der Waals surface area (Å²) < 4.78 is 0. The van der Waals surface area contributed by atoms with Crippen molar-refractivity contribution in [2.45, 2.75) is 43.9 Å². The number of hydrogen-bond acceptors (Lipinski definition) is 4. The maximum Gasteiger partial charge on any atom is 0.164 e. The van der Waals surface area contributed by atoms with Gasteiger partial charge in [0.05, 0.1) is 11.6 Å². The van der Waals surface area contributed by atoms with E-state index < -0.39 is 0 Å². The largest absolute Gasteiger partial charge is 0.208 e. The van der Waals surface area contributed by atoms with Gasteiger partial charge in [-0.2, -0.15) is 5.26 Å². The van der Waals surface area contributed by atoms with Crippen LogP contribution in [0.4, 0.5) is 0 Å². The zero-order valence-electron chi connectivity index (χ0n) is 25.7. The molecule has 4 nitrogen and oxygen atoms in total. The van der Waals surface area contributed by atoms with Crippen LogP contribution in [0, 0.1) is 29.1 Å². The highest BCUT2D eigenvalue weighted by Crippen LogP contribution is 2.60. The molecule has 5 aromatic carbocycles. The summed E-state index contributed by atoms with van der Waals surface area (Å²) in [6, 6.07) is 42.2. The van der Waals surface area contributed by atoms with Gasteiger partial charge in [-0.05, 0) is 95.9 Å². The Labute approximate surface area is 269 Å². The Bertz CT molecular complexity index is 2110. The second kappa shape index (κ2) is 10.7. The summed E-state index contributed by atoms with van der Waals surface area (Å²) in [5.41, 5.74) is 7.61. The van der Waals surface area contributed by atoms with Crippen LogP contribution in [0.25, 0.3) is 56.1 Å². The minimum atomic E-state index is 0.381. The van der Waals surface area contributed by atoms with E-state index in [1.165, 1.54) is 49.7 Å². The van der Waals surface area contributed by atoms with Gasteiger partial charge in [0.25, 0.3) is 0 Å². The summed E-state index contributed by atoms with van der Waals surface area (Å²) in [6.45, 7) is 0. The summed E-state index contributed by atoms with van der Waals surface area (Å²) in [7, 11) is 0. The first-order chi connectivity index (χ1) is 22.6. The van der Waals surface area contributed by atoms with Crippen LogP contribution in [0.5, 0.6) is 0 Å². The Morgan fingerprint density at radius 2 is 1.15 bits per heavy atom. The molecule has 46 heavy (non-hydrogen) atoms. The Morgan fingerprint density at radius 3 is 1.85 bits per heavy atom. The van der Waals surface area contributed by atoms with Crippen LogP contribution < -0.4 is 0 Å². The van der Waals surface area contributed by atoms with E-state index in [1.54, 1.807) is 0 Å². The van der Waals surface area contributed by atoms with E-state index >= 15 is 0 Å². The molecular weight excluding hydrogens is 560 g/mol. The molecule has 4 fully saturated rings. The number of rotatable bonds is 5. The summed E-state index contributed by atoms with van der Waals surface area (Å²) in [5, 5.41) is 11.7. The Balaban J connectivity index is 1.15. The van der Waals surface area contributed by atoms with Crippen molar-refractivity contribution >= 4 is 10.8 Å². The van der Waals surface area contributed by atoms with Gasteiger partial charge in [0.2, 0.25) is 0 Å². The molecule has 0 radical (unpaired) electrons. The number of hydrogen-bond donors (Lipinski definition) is 0. The van der Waals surface area contributed by atoms with Crippen molar-refractivity contribution in [2.24, 2.45) is 17.8 Å². The number of aromatic nitrogens is 3. The Hall–Kier alpha value is -5.14. The van der Waals surface area contributed by atoms with Gasteiger partial charge in [-0.15, -0.1) is 0 Å². The summed E-state index contributed by atoms with van der Waals surface area (Å²) >= 11 is 0. The average Bonchev–Trinajstić information content (AvgIpc) is 3.11. The molecule has 4 heteroatoms. The minimum Gasteiger partial charge on any atom is -0.208 e. The quantitative estimate of drug-likeness (QED) is 0.199. The van der Waals surface area contributed by atoms with E-state index in [1.807, 2.05) is 66.7 Å². The third-order valence-electron chi connectivity index (χ3n) is 10.9. The van der Waals surface area contributed by atoms with Crippen molar-refractivity contribution < 1.29 is 0 Å². The first-order valence-corrected chi connectivity index (χ1v) is 16.6. The van der Waals surface area contributed by atoms with Crippen molar-refractivity contribution in [3.05, 3.63) is 126 Å². The molecule has 4 aliphatic carbocycles. The fourth-order valence-electron chi connectivity index (χ4n) is 9.25. The lowest BCUT2D eigenvalue weighted by molar-refractivity contribution is -0.00518. The fourth-order valence-corrected chi connectivity index (χ4v) is 9.25. The molecule has 6 aromatic rings. The molecule has 0 N–H and O–H groups in total. The van der Waals surface area contributed by atoms with E-state index in [4.69, 9.17) is 15.0 Å². The van der Waals surface area contributed by atoms with E-state index in [0.29, 0.717) is 28.5 Å². The van der Waals surface area contributed by atoms with E-state index in [-0.39, 0.29) is 0 Å². The van der Waals surface area contributed by atoms with Crippen LogP contribution in [0.15, 0.2) is 115 Å². The Kier molecular flexibility index (Phi) is 6.35. The second-order valence-electron chi connectivity index (χ2n) is 13.8. The molecule has 0 unspecified atom stereocenters. The van der Waals surface area contributed by atoms with Crippen LogP contribution in [-0.2, 0) is 5.41 Å². The Morgan fingerprint density at radius 1 is 0.543 bits per heavy atom. The lowest BCUT2D eigenvalue weighted by Crippen LogP contribution is -2.48. The molecule has 10 rings (SSSR count). The van der Waals surface area contributed by atoms with Gasteiger partial charge < -0.3 is 0 Å². The van der Waals surface area contributed by atoms with Gasteiger partial charge in [0.15, 0.2) is 17.5 Å². The van der Waals surface area contributed by atoms with Gasteiger partial charge in [0.1, 0.15) is 0 Å². The lowest BCUT2D eigenvalue weighted by Gasteiger charge is -2.57. The van der Waals surface area contributed by atoms with Crippen molar-refractivity contribution in [2.75, 3.05) is 0 Å². The number of nitrogens with zero attached hydrogens (tertiary/aromatic N) is 4. The molecular formula is C42H34N4. The third kappa shape index (κ3) is 4.62. The molecule has 4 aliphatic rings. The minimum absolute atomic E-state index is 0.381. The monoisotopic (exact) mass is 594 g/mol. The average molecular weight is 595 g/mol. The zero-order valence-corrected chi connectivity index (χ0v) is 25.7. The molecule has 1 heterocycles. The summed E-state index contributed by atoms with van der Waals surface area (Å²) in [5.74, 6) is 4.64. The highest BCUT2D eigenvalue weighted by atomic mass is 15.0. The van der Waals surface area contributed by atoms with E-state index in [2.05, 4.69) is 54.6 Å². The topological polar surface area (TPSA) is 62.5 Å². The SMILES string of the molecule is N#Cc1cccc2ccc(-c3nc(-c4ccccc4)nc(-c4ccccc4-c4ccc(C56CC7CC(CC(C7)C5)C6)cc4)n3)cc12. The first kappa shape index (κ1) is 27.2. The normalized spacial score (nSPS) is 23.0. The molecule has 1 aromatic heterocycles. The predicted octanol–water partition coefficient (Wildman–Crippen LogP) is 10.0. The molecule has 222 valence electrons. The molecule has 0 atom stereocenters. The molecule has 0 spiro atoms. The lowest BCUT2D eigenvalue weighted by atomic mass is 9.48.